The van der Waals surface area contributed by atoms with Gasteiger partial charge in [-0.1, -0.05) is 42.5 Å². The summed E-state index contributed by atoms with van der Waals surface area (Å²) in [5.74, 6) is -0.711. The Bertz CT molecular complexity index is 820. The average molecular weight is 363 g/mol. The molecule has 1 N–H and O–H groups in total. The fraction of sp³-hybridized carbons (Fsp3) is 0.278. The highest BCUT2D eigenvalue weighted by Gasteiger charge is 2.27. The summed E-state index contributed by atoms with van der Waals surface area (Å²) in [5.41, 5.74) is 0.712. The van der Waals surface area contributed by atoms with E-state index in [0.29, 0.717) is 0 Å². The second kappa shape index (κ2) is 8.24. The number of methoxy groups -OCH3 is 1. The Hall–Kier alpha value is -2.22. The van der Waals surface area contributed by atoms with Crippen molar-refractivity contribution in [2.45, 2.75) is 17.4 Å². The molecule has 0 saturated heterocycles. The van der Waals surface area contributed by atoms with Gasteiger partial charge in [0.1, 0.15) is 0 Å². The lowest BCUT2D eigenvalue weighted by Crippen LogP contribution is -2.30. The molecule has 0 bridgehead atoms. The van der Waals surface area contributed by atoms with Crippen LogP contribution in [0.4, 0.5) is 0 Å². The van der Waals surface area contributed by atoms with Gasteiger partial charge in [-0.3, -0.25) is 0 Å². The topological polar surface area (TPSA) is 83.9 Å². The minimum Gasteiger partial charge on any atom is -0.465 e. The summed E-state index contributed by atoms with van der Waals surface area (Å²) in [7, 11) is -1.26. The van der Waals surface area contributed by atoms with Gasteiger partial charge >= 0.3 is 5.97 Å². The van der Waals surface area contributed by atoms with Crippen molar-refractivity contribution in [2.75, 3.05) is 20.7 Å². The molecule has 25 heavy (non-hydrogen) atoms. The van der Waals surface area contributed by atoms with Crippen LogP contribution < -0.4 is 0 Å². The van der Waals surface area contributed by atoms with Crippen LogP contribution in [0, 0.1) is 0 Å². The van der Waals surface area contributed by atoms with Crippen LogP contribution in [0.2, 0.25) is 0 Å². The maximum atomic E-state index is 12.8. The van der Waals surface area contributed by atoms with Gasteiger partial charge in [0.15, 0.2) is 0 Å². The molecule has 0 fully saturated rings. The second-order valence-corrected chi connectivity index (χ2v) is 7.54. The minimum atomic E-state index is -3.88. The van der Waals surface area contributed by atoms with Gasteiger partial charge in [0.05, 0.1) is 23.7 Å². The number of hydrogen-bond acceptors (Lipinski definition) is 5. The number of carbonyl (C=O) groups excluding carboxylic acids is 1. The molecule has 2 aromatic carbocycles. The molecule has 0 aromatic heterocycles. The Morgan fingerprint density at radius 2 is 1.72 bits per heavy atom. The molecule has 0 aliphatic rings. The van der Waals surface area contributed by atoms with E-state index in [1.54, 1.807) is 24.3 Å². The maximum Gasteiger partial charge on any atom is 0.339 e. The number of sulfonamides is 1. The summed E-state index contributed by atoms with van der Waals surface area (Å²) < 4.78 is 31.3. The monoisotopic (exact) mass is 363 g/mol. The Morgan fingerprint density at radius 3 is 2.36 bits per heavy atom. The van der Waals surface area contributed by atoms with Gasteiger partial charge in [-0.25, -0.2) is 17.5 Å². The number of rotatable bonds is 7. The number of benzene rings is 2. The molecule has 0 amide bonds. The van der Waals surface area contributed by atoms with Crippen LogP contribution in [0.15, 0.2) is 59.5 Å². The lowest BCUT2D eigenvalue weighted by Gasteiger charge is -2.20. The van der Waals surface area contributed by atoms with Crippen LogP contribution >= 0.6 is 0 Å². The third-order valence-corrected chi connectivity index (χ3v) is 5.80. The molecular formula is C18H21NO5S. The van der Waals surface area contributed by atoms with E-state index in [-0.39, 0.29) is 23.4 Å². The van der Waals surface area contributed by atoms with E-state index in [1.165, 1.54) is 26.3 Å². The van der Waals surface area contributed by atoms with E-state index in [0.717, 1.165) is 9.87 Å². The number of hydrogen-bond donors (Lipinski definition) is 1. The van der Waals surface area contributed by atoms with Crippen molar-refractivity contribution in [1.82, 2.24) is 4.31 Å². The van der Waals surface area contributed by atoms with Crippen LogP contribution in [0.5, 0.6) is 0 Å². The van der Waals surface area contributed by atoms with Gasteiger partial charge in [0.25, 0.3) is 0 Å². The van der Waals surface area contributed by atoms with Gasteiger partial charge in [0, 0.05) is 13.6 Å². The molecule has 6 nitrogen and oxygen atoms in total. The Balaban J connectivity index is 2.16. The molecule has 0 heterocycles. The second-order valence-electron chi connectivity index (χ2n) is 5.53. The van der Waals surface area contributed by atoms with Gasteiger partial charge < -0.3 is 9.84 Å². The Kier molecular flexibility index (Phi) is 6.30. The maximum absolute atomic E-state index is 12.8. The lowest BCUT2D eigenvalue weighted by molar-refractivity contribution is 0.0596. The summed E-state index contributed by atoms with van der Waals surface area (Å²) in [4.78, 5) is 11.7. The summed E-state index contributed by atoms with van der Waals surface area (Å²) in [6.45, 7) is 0.105. The standard InChI is InChI=1S/C18H21NO5S/c1-19(13-12-16(20)14-8-4-3-5-9-14)25(22,23)17-11-7-6-10-15(17)18(21)24-2/h3-11,16,20H,12-13H2,1-2H3. The van der Waals surface area contributed by atoms with Crippen LogP contribution in [0.25, 0.3) is 0 Å². The molecule has 1 unspecified atom stereocenters. The first-order chi connectivity index (χ1) is 11.9. The number of aliphatic hydroxyl groups excluding tert-OH is 1. The SMILES string of the molecule is COC(=O)c1ccccc1S(=O)(=O)N(C)CCC(O)c1ccccc1. The van der Waals surface area contributed by atoms with Crippen LogP contribution in [0.1, 0.15) is 28.4 Å². The summed E-state index contributed by atoms with van der Waals surface area (Å²) in [6.07, 6.45) is -0.533. The molecule has 134 valence electrons. The van der Waals surface area contributed by atoms with Crippen LogP contribution in [0.3, 0.4) is 0 Å². The third kappa shape index (κ3) is 4.45. The normalized spacial score (nSPS) is 12.8. The van der Waals surface area contributed by atoms with Crippen molar-refractivity contribution < 1.29 is 23.1 Å². The van der Waals surface area contributed by atoms with Crippen LogP contribution in [-0.4, -0.2) is 44.5 Å². The zero-order valence-corrected chi connectivity index (χ0v) is 14.9. The number of esters is 1. The van der Waals surface area contributed by atoms with E-state index in [4.69, 9.17) is 0 Å². The highest BCUT2D eigenvalue weighted by molar-refractivity contribution is 7.89. The molecule has 2 rings (SSSR count). The highest BCUT2D eigenvalue weighted by atomic mass is 32.2. The molecule has 2 aromatic rings. The lowest BCUT2D eigenvalue weighted by atomic mass is 10.1. The molecule has 0 radical (unpaired) electrons. The van der Waals surface area contributed by atoms with Crippen molar-refractivity contribution in [1.29, 1.82) is 0 Å². The predicted octanol–water partition coefficient (Wildman–Crippen LogP) is 2.22. The first-order valence-electron chi connectivity index (χ1n) is 7.74. The number of carbonyl (C=O) groups is 1. The highest BCUT2D eigenvalue weighted by Crippen LogP contribution is 2.22. The smallest absolute Gasteiger partial charge is 0.339 e. The van der Waals surface area contributed by atoms with Gasteiger partial charge in [-0.2, -0.15) is 0 Å². The molecule has 7 heteroatoms. The summed E-state index contributed by atoms with van der Waals surface area (Å²) >= 11 is 0. The molecule has 0 spiro atoms. The van der Waals surface area contributed by atoms with Crippen molar-refractivity contribution in [3.05, 3.63) is 65.7 Å². The molecule has 0 saturated carbocycles. The summed E-state index contributed by atoms with van der Waals surface area (Å²) in [5, 5.41) is 10.2. The van der Waals surface area contributed by atoms with Crippen molar-refractivity contribution in [2.24, 2.45) is 0 Å². The Morgan fingerprint density at radius 1 is 1.12 bits per heavy atom. The first kappa shape index (κ1) is 19.1. The zero-order chi connectivity index (χ0) is 18.4. The largest absolute Gasteiger partial charge is 0.465 e. The zero-order valence-electron chi connectivity index (χ0n) is 14.1. The predicted molar refractivity (Wildman–Crippen MR) is 93.6 cm³/mol. The minimum absolute atomic E-state index is 0.0135. The molecular weight excluding hydrogens is 342 g/mol. The number of ether oxygens (including phenoxy) is 1. The van der Waals surface area contributed by atoms with Crippen LogP contribution in [-0.2, 0) is 14.8 Å². The quantitative estimate of drug-likeness (QED) is 0.763. The van der Waals surface area contributed by atoms with Gasteiger partial charge in [-0.05, 0) is 24.1 Å². The number of aliphatic hydroxyl groups is 1. The fourth-order valence-electron chi connectivity index (χ4n) is 2.40. The van der Waals surface area contributed by atoms with E-state index >= 15 is 0 Å². The fourth-order valence-corrected chi connectivity index (χ4v) is 3.77. The van der Waals surface area contributed by atoms with E-state index in [1.807, 2.05) is 18.2 Å². The molecule has 0 aliphatic carbocycles. The Labute approximate surface area is 147 Å². The third-order valence-electron chi connectivity index (χ3n) is 3.88. The first-order valence-corrected chi connectivity index (χ1v) is 9.18. The molecule has 1 atom stereocenters. The van der Waals surface area contributed by atoms with E-state index in [2.05, 4.69) is 4.74 Å². The van der Waals surface area contributed by atoms with E-state index < -0.39 is 22.1 Å². The number of nitrogens with zero attached hydrogens (tertiary/aromatic N) is 1. The van der Waals surface area contributed by atoms with Gasteiger partial charge in [-0.15, -0.1) is 0 Å². The molecule has 0 aliphatic heterocycles. The van der Waals surface area contributed by atoms with Crippen molar-refractivity contribution in [3.8, 4) is 0 Å². The van der Waals surface area contributed by atoms with E-state index in [9.17, 15) is 18.3 Å². The van der Waals surface area contributed by atoms with Crippen molar-refractivity contribution >= 4 is 16.0 Å². The van der Waals surface area contributed by atoms with Crippen molar-refractivity contribution in [3.63, 3.8) is 0 Å². The van der Waals surface area contributed by atoms with Gasteiger partial charge in [0.2, 0.25) is 10.0 Å². The summed E-state index contributed by atoms with van der Waals surface area (Å²) in [6, 6.07) is 14.9. The average Bonchev–Trinajstić information content (AvgIpc) is 2.65.